The van der Waals surface area contributed by atoms with Crippen molar-refractivity contribution < 1.29 is 31.2 Å². The van der Waals surface area contributed by atoms with Crippen molar-refractivity contribution in [2.45, 2.75) is 12.1 Å². The molecule has 2 amide bonds. The topological polar surface area (TPSA) is 118 Å². The fourth-order valence-corrected chi connectivity index (χ4v) is 7.10. The lowest BCUT2D eigenvalue weighted by Crippen LogP contribution is -2.53. The molecule has 0 aromatic heterocycles. The highest BCUT2D eigenvalue weighted by molar-refractivity contribution is 8.03. The largest absolute Gasteiger partial charge is 0.382 e. The Kier molecular flexibility index (Phi) is 6.33. The average Bonchev–Trinajstić information content (AvgIpc) is 2.94. The van der Waals surface area contributed by atoms with Gasteiger partial charge in [0.15, 0.2) is 0 Å². The minimum Gasteiger partial charge on any atom is -0.382 e. The quantitative estimate of drug-likeness (QED) is 0.538. The highest BCUT2D eigenvalue weighted by Crippen LogP contribution is 2.36. The Morgan fingerprint density at radius 2 is 1.29 bits per heavy atom. The van der Waals surface area contributed by atoms with E-state index < -0.39 is 43.9 Å². The predicted molar refractivity (Wildman–Crippen MR) is 113 cm³/mol. The Balaban J connectivity index is 2.25. The van der Waals surface area contributed by atoms with Crippen LogP contribution < -0.4 is 0 Å². The number of rotatable bonds is 8. The molecule has 0 fully saturated rings. The third-order valence-electron chi connectivity index (χ3n) is 4.88. The summed E-state index contributed by atoms with van der Waals surface area (Å²) in [4.78, 5) is 27.1. The molecule has 2 unspecified atom stereocenters. The summed E-state index contributed by atoms with van der Waals surface area (Å²) >= 11 is 0. The summed E-state index contributed by atoms with van der Waals surface area (Å²) in [5.74, 6) is -1.30. The van der Waals surface area contributed by atoms with Crippen molar-refractivity contribution >= 4 is 31.9 Å². The number of fused-ring (bicyclic) bond motifs is 1. The molecular weight excluding hydrogens is 444 g/mol. The number of ether oxygens (including phenoxy) is 1. The Bertz CT molecular complexity index is 1140. The van der Waals surface area contributed by atoms with Crippen LogP contribution >= 0.6 is 0 Å². The Hall–Kier alpha value is -2.60. The average molecular weight is 467 g/mol. The zero-order chi connectivity index (χ0) is 23.0. The van der Waals surface area contributed by atoms with Crippen molar-refractivity contribution in [1.29, 1.82) is 0 Å². The molecule has 9 nitrogen and oxygen atoms in total. The molecule has 0 radical (unpaired) electrons. The highest BCUT2D eigenvalue weighted by Gasteiger charge is 2.48. The summed E-state index contributed by atoms with van der Waals surface area (Å²) in [7, 11) is -7.33. The molecular formula is C20H22N2O7S2. The van der Waals surface area contributed by atoms with E-state index in [1.807, 2.05) is 0 Å². The summed E-state index contributed by atoms with van der Waals surface area (Å²) in [6, 6.07) is 11.5. The number of nitrogens with zero attached hydrogens (tertiary/aromatic N) is 2. The van der Waals surface area contributed by atoms with Crippen LogP contribution in [0, 0.1) is 0 Å². The van der Waals surface area contributed by atoms with Crippen LogP contribution in [0.25, 0.3) is 0 Å². The summed E-state index contributed by atoms with van der Waals surface area (Å²) in [6.07, 6.45) is 1.52. The van der Waals surface area contributed by atoms with E-state index in [-0.39, 0.29) is 23.3 Å². The standard InChI is InChI=1S/C20H22N2O7S2/c1-29-13-17(21-19(23)15-11-7-8-12-16(15)20(21)24)18(14-9-5-4-6-10-14)22(30(2,25)26)31(3,27)28/h4-12,17-18H,13H2,1-3H3. The molecule has 2 aromatic carbocycles. The summed E-state index contributed by atoms with van der Waals surface area (Å²) < 4.78 is 56.0. The fraction of sp³-hybridized carbons (Fsp3) is 0.300. The third kappa shape index (κ3) is 4.40. The van der Waals surface area contributed by atoms with Gasteiger partial charge in [-0.1, -0.05) is 46.2 Å². The maximum Gasteiger partial charge on any atom is 0.261 e. The van der Waals surface area contributed by atoms with E-state index in [2.05, 4.69) is 0 Å². The van der Waals surface area contributed by atoms with E-state index in [4.69, 9.17) is 4.74 Å². The van der Waals surface area contributed by atoms with Crippen molar-refractivity contribution in [2.75, 3.05) is 26.2 Å². The van der Waals surface area contributed by atoms with Gasteiger partial charge >= 0.3 is 0 Å². The highest BCUT2D eigenvalue weighted by atomic mass is 32.3. The van der Waals surface area contributed by atoms with Crippen LogP contribution in [0.2, 0.25) is 0 Å². The number of hydrogen-bond donors (Lipinski definition) is 0. The van der Waals surface area contributed by atoms with Crippen molar-refractivity contribution in [3.8, 4) is 0 Å². The van der Waals surface area contributed by atoms with Crippen LogP contribution in [-0.4, -0.2) is 69.5 Å². The first-order valence-electron chi connectivity index (χ1n) is 9.19. The fourth-order valence-electron chi connectivity index (χ4n) is 3.78. The van der Waals surface area contributed by atoms with E-state index in [1.54, 1.807) is 30.3 Å². The Morgan fingerprint density at radius 1 is 0.839 bits per heavy atom. The number of sulfonamides is 2. The van der Waals surface area contributed by atoms with Crippen LogP contribution in [0.5, 0.6) is 0 Å². The molecule has 0 aliphatic carbocycles. The molecule has 3 rings (SSSR count). The second-order valence-corrected chi connectivity index (χ2v) is 11.1. The zero-order valence-electron chi connectivity index (χ0n) is 17.1. The number of benzene rings is 2. The maximum atomic E-state index is 13.1. The second kappa shape index (κ2) is 8.50. The molecule has 2 atom stereocenters. The molecule has 166 valence electrons. The van der Waals surface area contributed by atoms with Gasteiger partial charge in [-0.05, 0) is 17.7 Å². The van der Waals surface area contributed by atoms with E-state index in [9.17, 15) is 26.4 Å². The van der Waals surface area contributed by atoms with Crippen molar-refractivity contribution in [3.05, 3.63) is 71.3 Å². The molecule has 31 heavy (non-hydrogen) atoms. The van der Waals surface area contributed by atoms with Crippen LogP contribution in [0.3, 0.4) is 0 Å². The molecule has 0 bridgehead atoms. The van der Waals surface area contributed by atoms with Gasteiger partial charge in [-0.2, -0.15) is 0 Å². The molecule has 2 aromatic rings. The normalized spacial score (nSPS) is 16.5. The lowest BCUT2D eigenvalue weighted by Gasteiger charge is -2.37. The number of carbonyl (C=O) groups excluding carboxylic acids is 2. The number of carbonyl (C=O) groups is 2. The van der Waals surface area contributed by atoms with Crippen LogP contribution in [-0.2, 0) is 24.8 Å². The number of imide groups is 1. The molecule has 0 saturated carbocycles. The molecule has 11 heteroatoms. The van der Waals surface area contributed by atoms with Crippen molar-refractivity contribution in [1.82, 2.24) is 8.61 Å². The van der Waals surface area contributed by atoms with E-state index in [0.29, 0.717) is 3.71 Å². The molecule has 0 saturated heterocycles. The van der Waals surface area contributed by atoms with E-state index in [1.165, 1.54) is 31.4 Å². The van der Waals surface area contributed by atoms with Gasteiger partial charge in [-0.15, -0.1) is 0 Å². The van der Waals surface area contributed by atoms with Gasteiger partial charge in [-0.3, -0.25) is 14.5 Å². The summed E-state index contributed by atoms with van der Waals surface area (Å²) in [6.45, 7) is -0.285. The molecule has 1 aliphatic rings. The Labute approximate surface area is 181 Å². The van der Waals surface area contributed by atoms with Crippen molar-refractivity contribution in [2.24, 2.45) is 0 Å². The monoisotopic (exact) mass is 466 g/mol. The number of hydrogen-bond acceptors (Lipinski definition) is 7. The van der Waals surface area contributed by atoms with Gasteiger partial charge < -0.3 is 4.74 Å². The van der Waals surface area contributed by atoms with Crippen molar-refractivity contribution in [3.63, 3.8) is 0 Å². The smallest absolute Gasteiger partial charge is 0.261 e. The molecule has 0 N–H and O–H groups in total. The van der Waals surface area contributed by atoms with E-state index >= 15 is 0 Å². The molecule has 1 aliphatic heterocycles. The second-order valence-electron chi connectivity index (χ2n) is 7.16. The zero-order valence-corrected chi connectivity index (χ0v) is 18.8. The predicted octanol–water partition coefficient (Wildman–Crippen LogP) is 1.26. The maximum absolute atomic E-state index is 13.1. The van der Waals surface area contributed by atoms with Crippen LogP contribution in [0.1, 0.15) is 32.3 Å². The third-order valence-corrected chi connectivity index (χ3v) is 8.27. The van der Waals surface area contributed by atoms with Gasteiger partial charge in [0.1, 0.15) is 0 Å². The van der Waals surface area contributed by atoms with Gasteiger partial charge in [0.25, 0.3) is 11.8 Å². The van der Waals surface area contributed by atoms with Gasteiger partial charge in [0, 0.05) is 7.11 Å². The minimum atomic E-state index is -4.32. The summed E-state index contributed by atoms with van der Waals surface area (Å²) in [5.41, 5.74) is 0.605. The molecule has 0 spiro atoms. The lowest BCUT2D eigenvalue weighted by molar-refractivity contribution is 0.0379. The first kappa shape index (κ1) is 23.1. The van der Waals surface area contributed by atoms with Gasteiger partial charge in [0.05, 0.1) is 42.3 Å². The first-order chi connectivity index (χ1) is 14.5. The first-order valence-corrected chi connectivity index (χ1v) is 12.9. The molecule has 1 heterocycles. The van der Waals surface area contributed by atoms with Crippen LogP contribution in [0.4, 0.5) is 0 Å². The van der Waals surface area contributed by atoms with Gasteiger partial charge in [0.2, 0.25) is 20.0 Å². The lowest BCUT2D eigenvalue weighted by atomic mass is 9.99. The number of methoxy groups -OCH3 is 1. The van der Waals surface area contributed by atoms with Gasteiger partial charge in [-0.25, -0.2) is 16.8 Å². The summed E-state index contributed by atoms with van der Waals surface area (Å²) in [5, 5.41) is 0. The number of amides is 2. The van der Waals surface area contributed by atoms with E-state index in [0.717, 1.165) is 17.4 Å². The minimum absolute atomic E-state index is 0.158. The SMILES string of the molecule is COCC(C(c1ccccc1)N(S(C)(=O)=O)S(C)(=O)=O)N1C(=O)c2ccccc2C1=O. The Morgan fingerprint density at radius 3 is 1.71 bits per heavy atom. The van der Waals surface area contributed by atoms with Crippen LogP contribution in [0.15, 0.2) is 54.6 Å².